The molecule has 0 bridgehead atoms. The van der Waals surface area contributed by atoms with Crippen molar-refractivity contribution in [3.63, 3.8) is 0 Å². The van der Waals surface area contributed by atoms with Crippen molar-refractivity contribution in [2.45, 2.75) is 11.5 Å². The molecule has 1 aromatic heterocycles. The highest BCUT2D eigenvalue weighted by molar-refractivity contribution is 7.90. The first-order chi connectivity index (χ1) is 9.88. The molecule has 0 amide bonds. The van der Waals surface area contributed by atoms with E-state index in [4.69, 9.17) is 9.84 Å². The molecule has 0 unspecified atom stereocenters. The number of benzene rings is 1. The van der Waals surface area contributed by atoms with Gasteiger partial charge in [-0.3, -0.25) is 0 Å². The van der Waals surface area contributed by atoms with Crippen LogP contribution in [0.1, 0.15) is 16.1 Å². The van der Waals surface area contributed by atoms with E-state index in [1.165, 1.54) is 24.7 Å². The molecule has 1 heterocycles. The molecular formula is C13H12N2O5S. The van der Waals surface area contributed by atoms with Crippen LogP contribution in [0.4, 0.5) is 0 Å². The van der Waals surface area contributed by atoms with Gasteiger partial charge < -0.3 is 9.84 Å². The maximum Gasteiger partial charge on any atom is 0.339 e. The summed E-state index contributed by atoms with van der Waals surface area (Å²) >= 11 is 0. The average Bonchev–Trinajstić information content (AvgIpc) is 2.45. The van der Waals surface area contributed by atoms with Gasteiger partial charge in [0.05, 0.1) is 10.6 Å². The second-order valence-electron chi connectivity index (χ2n) is 4.22. The minimum absolute atomic E-state index is 0.0585. The van der Waals surface area contributed by atoms with E-state index in [0.717, 1.165) is 6.26 Å². The Morgan fingerprint density at radius 1 is 1.38 bits per heavy atom. The second kappa shape index (κ2) is 5.88. The molecule has 1 N–H and O–H groups in total. The van der Waals surface area contributed by atoms with Gasteiger partial charge in [-0.1, -0.05) is 6.07 Å². The van der Waals surface area contributed by atoms with Gasteiger partial charge in [-0.05, 0) is 18.2 Å². The maximum absolute atomic E-state index is 11.4. The van der Waals surface area contributed by atoms with Crippen LogP contribution in [0.15, 0.2) is 41.7 Å². The van der Waals surface area contributed by atoms with E-state index < -0.39 is 15.8 Å². The van der Waals surface area contributed by atoms with Gasteiger partial charge in [-0.25, -0.2) is 23.2 Å². The summed E-state index contributed by atoms with van der Waals surface area (Å²) in [6.07, 6.45) is 3.50. The van der Waals surface area contributed by atoms with Crippen LogP contribution in [0.5, 0.6) is 5.75 Å². The third-order valence-corrected chi connectivity index (χ3v) is 3.74. The molecule has 2 rings (SSSR count). The van der Waals surface area contributed by atoms with Crippen LogP contribution in [0.3, 0.4) is 0 Å². The third-order valence-electron chi connectivity index (χ3n) is 2.63. The molecule has 2 aromatic rings. The van der Waals surface area contributed by atoms with Crippen molar-refractivity contribution in [2.75, 3.05) is 6.26 Å². The first kappa shape index (κ1) is 14.9. The van der Waals surface area contributed by atoms with Crippen molar-refractivity contribution in [1.29, 1.82) is 0 Å². The minimum Gasteiger partial charge on any atom is -0.487 e. The molecule has 0 radical (unpaired) electrons. The van der Waals surface area contributed by atoms with Crippen LogP contribution in [-0.2, 0) is 16.4 Å². The Morgan fingerprint density at radius 3 is 2.81 bits per heavy atom. The predicted octanol–water partition coefficient (Wildman–Crippen LogP) is 1.16. The fourth-order valence-corrected chi connectivity index (χ4v) is 2.25. The monoisotopic (exact) mass is 308 g/mol. The molecule has 110 valence electrons. The highest BCUT2D eigenvalue weighted by atomic mass is 32.2. The fourth-order valence-electron chi connectivity index (χ4n) is 1.59. The Labute approximate surface area is 121 Å². The van der Waals surface area contributed by atoms with E-state index >= 15 is 0 Å². The van der Waals surface area contributed by atoms with Crippen molar-refractivity contribution in [3.05, 3.63) is 48.0 Å². The zero-order chi connectivity index (χ0) is 15.5. The van der Waals surface area contributed by atoms with Crippen LogP contribution in [0.2, 0.25) is 0 Å². The lowest BCUT2D eigenvalue weighted by Crippen LogP contribution is -2.08. The third kappa shape index (κ3) is 3.76. The van der Waals surface area contributed by atoms with Crippen LogP contribution in [-0.4, -0.2) is 35.7 Å². The minimum atomic E-state index is -3.33. The summed E-state index contributed by atoms with van der Waals surface area (Å²) in [5, 5.41) is 9.00. The van der Waals surface area contributed by atoms with E-state index in [9.17, 15) is 13.2 Å². The number of nitrogens with zero attached hydrogens (tertiary/aromatic N) is 2. The average molecular weight is 308 g/mol. The lowest BCUT2D eigenvalue weighted by Gasteiger charge is -2.08. The molecule has 0 aliphatic heterocycles. The first-order valence-electron chi connectivity index (χ1n) is 5.83. The Bertz CT molecular complexity index is 774. The Balaban J connectivity index is 2.20. The highest BCUT2D eigenvalue weighted by Crippen LogP contribution is 2.18. The van der Waals surface area contributed by atoms with Crippen molar-refractivity contribution in [3.8, 4) is 5.75 Å². The van der Waals surface area contributed by atoms with Crippen LogP contribution in [0, 0.1) is 0 Å². The summed E-state index contributed by atoms with van der Waals surface area (Å²) in [6, 6.07) is 5.95. The molecule has 21 heavy (non-hydrogen) atoms. The largest absolute Gasteiger partial charge is 0.487 e. The van der Waals surface area contributed by atoms with Crippen molar-refractivity contribution in [2.24, 2.45) is 0 Å². The molecule has 0 spiro atoms. The molecule has 0 saturated heterocycles. The number of sulfone groups is 1. The number of carbonyl (C=O) groups is 1. The summed E-state index contributed by atoms with van der Waals surface area (Å²) in [7, 11) is -3.33. The maximum atomic E-state index is 11.4. The number of hydrogen-bond acceptors (Lipinski definition) is 6. The molecule has 0 fully saturated rings. The van der Waals surface area contributed by atoms with E-state index in [1.807, 2.05) is 0 Å². The highest BCUT2D eigenvalue weighted by Gasteiger charge is 2.13. The van der Waals surface area contributed by atoms with Gasteiger partial charge in [0.15, 0.2) is 9.84 Å². The van der Waals surface area contributed by atoms with Gasteiger partial charge in [-0.15, -0.1) is 0 Å². The number of hydrogen-bond donors (Lipinski definition) is 1. The van der Waals surface area contributed by atoms with Gasteiger partial charge >= 0.3 is 5.97 Å². The van der Waals surface area contributed by atoms with E-state index in [1.54, 1.807) is 12.1 Å². The standard InChI is InChI=1S/C13H12N2O5S/c1-21(18,19)10-4-2-3-9(5-10)20-7-12-11(13(16)17)6-14-8-15-12/h2-6,8H,7H2,1H3,(H,16,17). The number of aromatic nitrogens is 2. The smallest absolute Gasteiger partial charge is 0.339 e. The van der Waals surface area contributed by atoms with E-state index in [0.29, 0.717) is 5.75 Å². The molecule has 0 atom stereocenters. The zero-order valence-electron chi connectivity index (χ0n) is 11.1. The Morgan fingerprint density at radius 2 is 2.14 bits per heavy atom. The number of rotatable bonds is 5. The summed E-state index contributed by atoms with van der Waals surface area (Å²) in [6.45, 7) is -0.0998. The molecule has 8 heteroatoms. The van der Waals surface area contributed by atoms with Crippen LogP contribution >= 0.6 is 0 Å². The predicted molar refractivity (Wildman–Crippen MR) is 72.9 cm³/mol. The lowest BCUT2D eigenvalue weighted by atomic mass is 10.2. The molecule has 1 aromatic carbocycles. The van der Waals surface area contributed by atoms with Crippen LogP contribution in [0.25, 0.3) is 0 Å². The second-order valence-corrected chi connectivity index (χ2v) is 6.24. The van der Waals surface area contributed by atoms with Gasteiger partial charge in [0, 0.05) is 12.5 Å². The van der Waals surface area contributed by atoms with Gasteiger partial charge in [0.2, 0.25) is 0 Å². The number of aromatic carboxylic acids is 1. The summed E-state index contributed by atoms with van der Waals surface area (Å²) in [5.41, 5.74) is 0.152. The van der Waals surface area contributed by atoms with Crippen molar-refractivity contribution in [1.82, 2.24) is 9.97 Å². The molecular weight excluding hydrogens is 296 g/mol. The van der Waals surface area contributed by atoms with E-state index in [-0.39, 0.29) is 22.8 Å². The quantitative estimate of drug-likeness (QED) is 0.883. The van der Waals surface area contributed by atoms with Crippen LogP contribution < -0.4 is 4.74 Å². The van der Waals surface area contributed by atoms with E-state index in [2.05, 4.69) is 9.97 Å². The molecule has 0 aliphatic carbocycles. The molecule has 0 aliphatic rings. The SMILES string of the molecule is CS(=O)(=O)c1cccc(OCc2ncncc2C(=O)O)c1. The molecule has 7 nitrogen and oxygen atoms in total. The number of carboxylic acids is 1. The van der Waals surface area contributed by atoms with Gasteiger partial charge in [0.1, 0.15) is 24.2 Å². The first-order valence-corrected chi connectivity index (χ1v) is 7.72. The Hall–Kier alpha value is -2.48. The zero-order valence-corrected chi connectivity index (χ0v) is 11.9. The van der Waals surface area contributed by atoms with Gasteiger partial charge in [0.25, 0.3) is 0 Å². The van der Waals surface area contributed by atoms with Crippen molar-refractivity contribution >= 4 is 15.8 Å². The molecule has 0 saturated carbocycles. The normalized spacial score (nSPS) is 11.1. The topological polar surface area (TPSA) is 106 Å². The number of ether oxygens (including phenoxy) is 1. The summed E-state index contributed by atoms with van der Waals surface area (Å²) in [4.78, 5) is 18.6. The number of carboxylic acid groups (broad SMARTS) is 1. The summed E-state index contributed by atoms with van der Waals surface area (Å²) < 4.78 is 28.3. The fraction of sp³-hybridized carbons (Fsp3) is 0.154. The van der Waals surface area contributed by atoms with Gasteiger partial charge in [-0.2, -0.15) is 0 Å². The lowest BCUT2D eigenvalue weighted by molar-refractivity contribution is 0.0692. The Kier molecular flexibility index (Phi) is 4.18. The summed E-state index contributed by atoms with van der Waals surface area (Å²) in [5.74, 6) is -0.841. The van der Waals surface area contributed by atoms with Crippen molar-refractivity contribution < 1.29 is 23.1 Å².